The summed E-state index contributed by atoms with van der Waals surface area (Å²) in [6.07, 6.45) is 2.27. The quantitative estimate of drug-likeness (QED) is 0.788. The Balaban J connectivity index is 2.37. The molecule has 0 aliphatic carbocycles. The number of aliphatic hydroxyl groups excluding tert-OH is 1. The van der Waals surface area contributed by atoms with Crippen molar-refractivity contribution in [2.75, 3.05) is 6.61 Å². The van der Waals surface area contributed by atoms with Crippen molar-refractivity contribution in [3.05, 3.63) is 27.8 Å². The standard InChI is InChI=1S/C11H14O5/c12-6-7-5-8(13)10(14)11(16-7)9-3-1-2-4-15-9/h5,9,12,14H,1-4,6H2. The first-order valence-corrected chi connectivity index (χ1v) is 5.30. The van der Waals surface area contributed by atoms with Crippen LogP contribution in [0.1, 0.15) is 36.9 Å². The van der Waals surface area contributed by atoms with Gasteiger partial charge in [0.15, 0.2) is 5.76 Å². The topological polar surface area (TPSA) is 79.9 Å². The van der Waals surface area contributed by atoms with Crippen LogP contribution in [0.4, 0.5) is 0 Å². The van der Waals surface area contributed by atoms with Crippen molar-refractivity contribution in [3.8, 4) is 5.75 Å². The van der Waals surface area contributed by atoms with Gasteiger partial charge in [0.05, 0.1) is 0 Å². The molecule has 1 aromatic heterocycles. The van der Waals surface area contributed by atoms with Crippen LogP contribution in [0.3, 0.4) is 0 Å². The number of aliphatic hydroxyl groups is 1. The highest BCUT2D eigenvalue weighted by molar-refractivity contribution is 5.26. The van der Waals surface area contributed by atoms with Gasteiger partial charge in [-0.2, -0.15) is 0 Å². The largest absolute Gasteiger partial charge is 0.502 e. The molecule has 1 saturated heterocycles. The van der Waals surface area contributed by atoms with E-state index in [-0.39, 0.29) is 24.2 Å². The monoisotopic (exact) mass is 226 g/mol. The van der Waals surface area contributed by atoms with Gasteiger partial charge in [0.25, 0.3) is 0 Å². The molecular formula is C11H14O5. The van der Waals surface area contributed by atoms with Crippen molar-refractivity contribution < 1.29 is 19.4 Å². The van der Waals surface area contributed by atoms with Crippen molar-refractivity contribution in [2.45, 2.75) is 32.0 Å². The Kier molecular flexibility index (Phi) is 3.26. The van der Waals surface area contributed by atoms with Gasteiger partial charge in [-0.1, -0.05) is 0 Å². The molecule has 88 valence electrons. The molecular weight excluding hydrogens is 212 g/mol. The minimum absolute atomic E-state index is 0.135. The number of rotatable bonds is 2. The second-order valence-electron chi connectivity index (χ2n) is 3.80. The van der Waals surface area contributed by atoms with Crippen molar-refractivity contribution in [1.29, 1.82) is 0 Å². The minimum atomic E-state index is -0.542. The van der Waals surface area contributed by atoms with Gasteiger partial charge in [-0.3, -0.25) is 4.79 Å². The Labute approximate surface area is 92.3 Å². The fraction of sp³-hybridized carbons (Fsp3) is 0.545. The van der Waals surface area contributed by atoms with Gasteiger partial charge < -0.3 is 19.4 Å². The molecule has 1 aromatic rings. The van der Waals surface area contributed by atoms with Gasteiger partial charge in [-0.15, -0.1) is 0 Å². The Morgan fingerprint density at radius 2 is 2.25 bits per heavy atom. The smallest absolute Gasteiger partial charge is 0.227 e. The molecule has 1 aliphatic heterocycles. The molecule has 2 rings (SSSR count). The van der Waals surface area contributed by atoms with E-state index in [0.717, 1.165) is 18.9 Å². The fourth-order valence-corrected chi connectivity index (χ4v) is 1.80. The van der Waals surface area contributed by atoms with E-state index in [2.05, 4.69) is 0 Å². The highest BCUT2D eigenvalue weighted by atomic mass is 16.5. The van der Waals surface area contributed by atoms with Crippen LogP contribution < -0.4 is 5.43 Å². The molecule has 1 unspecified atom stereocenters. The number of ether oxygens (including phenoxy) is 1. The van der Waals surface area contributed by atoms with Crippen molar-refractivity contribution >= 4 is 0 Å². The van der Waals surface area contributed by atoms with E-state index in [1.807, 2.05) is 0 Å². The van der Waals surface area contributed by atoms with E-state index in [1.54, 1.807) is 0 Å². The van der Waals surface area contributed by atoms with E-state index in [4.69, 9.17) is 14.3 Å². The van der Waals surface area contributed by atoms with E-state index in [0.29, 0.717) is 13.0 Å². The minimum Gasteiger partial charge on any atom is -0.502 e. The molecule has 0 saturated carbocycles. The fourth-order valence-electron chi connectivity index (χ4n) is 1.80. The summed E-state index contributed by atoms with van der Waals surface area (Å²) in [4.78, 5) is 11.4. The lowest BCUT2D eigenvalue weighted by Crippen LogP contribution is -2.15. The predicted octanol–water partition coefficient (Wildman–Crippen LogP) is 1.08. The first-order chi connectivity index (χ1) is 7.72. The van der Waals surface area contributed by atoms with Crippen LogP contribution in [0.2, 0.25) is 0 Å². The van der Waals surface area contributed by atoms with Crippen LogP contribution >= 0.6 is 0 Å². The Morgan fingerprint density at radius 1 is 1.44 bits per heavy atom. The summed E-state index contributed by atoms with van der Waals surface area (Å²) in [6, 6.07) is 1.08. The molecule has 1 atom stereocenters. The third kappa shape index (κ3) is 2.10. The average Bonchev–Trinajstić information content (AvgIpc) is 2.33. The maximum Gasteiger partial charge on any atom is 0.227 e. The lowest BCUT2D eigenvalue weighted by atomic mass is 10.1. The van der Waals surface area contributed by atoms with Gasteiger partial charge in [0, 0.05) is 12.7 Å². The van der Waals surface area contributed by atoms with Crippen molar-refractivity contribution in [1.82, 2.24) is 0 Å². The van der Waals surface area contributed by atoms with E-state index in [9.17, 15) is 9.90 Å². The summed E-state index contributed by atoms with van der Waals surface area (Å²) >= 11 is 0. The second kappa shape index (κ2) is 4.67. The second-order valence-corrected chi connectivity index (χ2v) is 3.80. The molecule has 16 heavy (non-hydrogen) atoms. The predicted molar refractivity (Wildman–Crippen MR) is 55.1 cm³/mol. The Morgan fingerprint density at radius 3 is 2.88 bits per heavy atom. The summed E-state index contributed by atoms with van der Waals surface area (Å²) in [6.45, 7) is 0.229. The van der Waals surface area contributed by atoms with Crippen LogP contribution in [0, 0.1) is 0 Å². The zero-order valence-corrected chi connectivity index (χ0v) is 8.81. The summed E-state index contributed by atoms with van der Waals surface area (Å²) < 4.78 is 10.7. The van der Waals surface area contributed by atoms with Crippen LogP contribution in [-0.2, 0) is 11.3 Å². The summed E-state index contributed by atoms with van der Waals surface area (Å²) in [7, 11) is 0. The lowest BCUT2D eigenvalue weighted by molar-refractivity contribution is -0.00282. The normalized spacial score (nSPS) is 20.9. The van der Waals surface area contributed by atoms with Crippen molar-refractivity contribution in [2.24, 2.45) is 0 Å². The first kappa shape index (κ1) is 11.2. The highest BCUT2D eigenvalue weighted by Crippen LogP contribution is 2.32. The highest BCUT2D eigenvalue weighted by Gasteiger charge is 2.24. The van der Waals surface area contributed by atoms with Gasteiger partial charge >= 0.3 is 0 Å². The summed E-state index contributed by atoms with van der Waals surface area (Å²) in [5.41, 5.74) is -0.542. The zero-order valence-electron chi connectivity index (χ0n) is 8.81. The molecule has 0 bridgehead atoms. The molecule has 2 heterocycles. The molecule has 1 aliphatic rings. The molecule has 2 N–H and O–H groups in total. The number of hydrogen-bond donors (Lipinski definition) is 2. The van der Waals surface area contributed by atoms with E-state index >= 15 is 0 Å². The third-order valence-corrected chi connectivity index (χ3v) is 2.63. The molecule has 0 aromatic carbocycles. The average molecular weight is 226 g/mol. The number of hydrogen-bond acceptors (Lipinski definition) is 5. The number of aromatic hydroxyl groups is 1. The summed E-state index contributed by atoms with van der Waals surface area (Å²) in [5, 5.41) is 18.5. The van der Waals surface area contributed by atoms with Crippen LogP contribution in [0.5, 0.6) is 5.75 Å². The van der Waals surface area contributed by atoms with Crippen LogP contribution in [0.25, 0.3) is 0 Å². The Hall–Kier alpha value is -1.33. The van der Waals surface area contributed by atoms with Crippen LogP contribution in [-0.4, -0.2) is 16.8 Å². The molecule has 1 fully saturated rings. The maximum absolute atomic E-state index is 11.4. The maximum atomic E-state index is 11.4. The molecule has 5 heteroatoms. The summed E-state index contributed by atoms with van der Waals surface area (Å²) in [5.74, 6) is -0.132. The third-order valence-electron chi connectivity index (χ3n) is 2.63. The van der Waals surface area contributed by atoms with Gasteiger partial charge in [0.2, 0.25) is 11.2 Å². The van der Waals surface area contributed by atoms with E-state index in [1.165, 1.54) is 0 Å². The van der Waals surface area contributed by atoms with Gasteiger partial charge in [0.1, 0.15) is 18.5 Å². The van der Waals surface area contributed by atoms with E-state index < -0.39 is 11.2 Å². The SMILES string of the molecule is O=c1cc(CO)oc(C2CCCCO2)c1O. The lowest BCUT2D eigenvalue weighted by Gasteiger charge is -2.22. The Bertz CT molecular complexity index is 417. The molecule has 5 nitrogen and oxygen atoms in total. The van der Waals surface area contributed by atoms with Crippen molar-refractivity contribution in [3.63, 3.8) is 0 Å². The molecule has 0 radical (unpaired) electrons. The molecule has 0 spiro atoms. The first-order valence-electron chi connectivity index (χ1n) is 5.30. The molecule has 0 amide bonds. The van der Waals surface area contributed by atoms with Gasteiger partial charge in [-0.05, 0) is 19.3 Å². The van der Waals surface area contributed by atoms with Crippen LogP contribution in [0.15, 0.2) is 15.3 Å². The zero-order chi connectivity index (χ0) is 11.5. The van der Waals surface area contributed by atoms with Gasteiger partial charge in [-0.25, -0.2) is 0 Å².